The van der Waals surface area contributed by atoms with E-state index in [2.05, 4.69) is 15.8 Å². The Labute approximate surface area is 145 Å². The lowest BCUT2D eigenvalue weighted by molar-refractivity contribution is 0.100. The lowest BCUT2D eigenvalue weighted by atomic mass is 10.0. The summed E-state index contributed by atoms with van der Waals surface area (Å²) in [6, 6.07) is 7.10. The predicted molar refractivity (Wildman–Crippen MR) is 91.3 cm³/mol. The highest BCUT2D eigenvalue weighted by Gasteiger charge is 2.31. The van der Waals surface area contributed by atoms with Crippen molar-refractivity contribution in [2.45, 2.75) is 38.8 Å². The molecule has 7 heteroatoms. The Bertz CT molecular complexity index is 714. The standard InChI is InChI=1S/C17H20ClN3O3/c1-3-13-15(10(2)24-21-13)20-17(22)19-14-8-9-23-16(14)11-4-6-12(18)7-5-11/h4-7,14,16H,3,8-9H2,1-2H3,(H2,19,20,22). The molecule has 1 aromatic carbocycles. The van der Waals surface area contributed by atoms with Crippen molar-refractivity contribution >= 4 is 23.3 Å². The first-order valence-corrected chi connectivity index (χ1v) is 8.36. The molecule has 6 nitrogen and oxygen atoms in total. The Kier molecular flexibility index (Phi) is 5.06. The molecule has 2 heterocycles. The summed E-state index contributed by atoms with van der Waals surface area (Å²) in [6.45, 7) is 4.34. The normalized spacial score (nSPS) is 20.1. The van der Waals surface area contributed by atoms with Gasteiger partial charge in [0.1, 0.15) is 17.5 Å². The van der Waals surface area contributed by atoms with E-state index < -0.39 is 0 Å². The molecule has 1 aliphatic heterocycles. The van der Waals surface area contributed by atoms with Gasteiger partial charge in [0.05, 0.1) is 6.04 Å². The Hall–Kier alpha value is -2.05. The lowest BCUT2D eigenvalue weighted by Gasteiger charge is -2.20. The molecule has 2 atom stereocenters. The van der Waals surface area contributed by atoms with Crippen molar-refractivity contribution in [1.29, 1.82) is 0 Å². The number of urea groups is 1. The summed E-state index contributed by atoms with van der Waals surface area (Å²) >= 11 is 5.93. The van der Waals surface area contributed by atoms with Crippen molar-refractivity contribution in [1.82, 2.24) is 10.5 Å². The van der Waals surface area contributed by atoms with Crippen molar-refractivity contribution in [3.8, 4) is 0 Å². The van der Waals surface area contributed by atoms with Crippen LogP contribution in [0.15, 0.2) is 28.8 Å². The molecule has 1 aromatic heterocycles. The number of rotatable bonds is 4. The number of carbonyl (C=O) groups is 1. The van der Waals surface area contributed by atoms with Gasteiger partial charge in [-0.1, -0.05) is 35.8 Å². The van der Waals surface area contributed by atoms with Gasteiger partial charge in [0.2, 0.25) is 0 Å². The second-order valence-electron chi connectivity index (χ2n) is 5.75. The average Bonchev–Trinajstić information content (AvgIpc) is 3.16. The zero-order valence-corrected chi connectivity index (χ0v) is 14.4. The molecule has 0 aliphatic carbocycles. The van der Waals surface area contributed by atoms with E-state index in [1.54, 1.807) is 6.92 Å². The fourth-order valence-electron chi connectivity index (χ4n) is 2.86. The monoisotopic (exact) mass is 349 g/mol. The first-order valence-electron chi connectivity index (χ1n) is 7.98. The maximum absolute atomic E-state index is 12.3. The fraction of sp³-hybridized carbons (Fsp3) is 0.412. The summed E-state index contributed by atoms with van der Waals surface area (Å²) in [7, 11) is 0. The Morgan fingerprint density at radius 3 is 2.83 bits per heavy atom. The number of aromatic nitrogens is 1. The molecule has 24 heavy (non-hydrogen) atoms. The quantitative estimate of drug-likeness (QED) is 0.879. The SMILES string of the molecule is CCc1noc(C)c1NC(=O)NC1CCOC1c1ccc(Cl)cc1. The van der Waals surface area contributed by atoms with Crippen molar-refractivity contribution in [3.05, 3.63) is 46.3 Å². The van der Waals surface area contributed by atoms with E-state index in [4.69, 9.17) is 20.9 Å². The van der Waals surface area contributed by atoms with Crippen LogP contribution in [0.3, 0.4) is 0 Å². The third kappa shape index (κ3) is 3.55. The number of hydrogen-bond acceptors (Lipinski definition) is 4. The van der Waals surface area contributed by atoms with Crippen LogP contribution in [0.4, 0.5) is 10.5 Å². The highest BCUT2D eigenvalue weighted by atomic mass is 35.5. The number of amides is 2. The topological polar surface area (TPSA) is 76.4 Å². The minimum Gasteiger partial charge on any atom is -0.371 e. The molecular formula is C17H20ClN3O3. The van der Waals surface area contributed by atoms with Crippen LogP contribution in [0, 0.1) is 6.92 Å². The maximum Gasteiger partial charge on any atom is 0.319 e. The molecule has 1 fully saturated rings. The third-order valence-electron chi connectivity index (χ3n) is 4.11. The average molecular weight is 350 g/mol. The Morgan fingerprint density at radius 2 is 2.12 bits per heavy atom. The van der Waals surface area contributed by atoms with E-state index in [1.165, 1.54) is 0 Å². The van der Waals surface area contributed by atoms with Crippen LogP contribution in [0.2, 0.25) is 5.02 Å². The largest absolute Gasteiger partial charge is 0.371 e. The van der Waals surface area contributed by atoms with Gasteiger partial charge in [-0.05, 0) is 37.5 Å². The smallest absolute Gasteiger partial charge is 0.319 e. The molecule has 0 spiro atoms. The molecule has 1 aliphatic rings. The zero-order chi connectivity index (χ0) is 17.1. The summed E-state index contributed by atoms with van der Waals surface area (Å²) in [5.74, 6) is 0.596. The van der Waals surface area contributed by atoms with Crippen LogP contribution in [0.5, 0.6) is 0 Å². The van der Waals surface area contributed by atoms with Crippen molar-refractivity contribution in [2.75, 3.05) is 11.9 Å². The van der Waals surface area contributed by atoms with Crippen LogP contribution in [-0.4, -0.2) is 23.8 Å². The first-order chi connectivity index (χ1) is 11.6. The van der Waals surface area contributed by atoms with E-state index in [9.17, 15) is 4.79 Å². The number of nitrogens with zero attached hydrogens (tertiary/aromatic N) is 1. The number of benzene rings is 1. The Balaban J connectivity index is 1.67. The van der Waals surface area contributed by atoms with Gasteiger partial charge in [-0.15, -0.1) is 0 Å². The van der Waals surface area contributed by atoms with E-state index in [-0.39, 0.29) is 18.2 Å². The van der Waals surface area contributed by atoms with Crippen molar-refractivity contribution in [3.63, 3.8) is 0 Å². The number of nitrogens with one attached hydrogen (secondary N) is 2. The first kappa shape index (κ1) is 16.8. The van der Waals surface area contributed by atoms with Gasteiger partial charge in [-0.25, -0.2) is 4.79 Å². The molecule has 0 saturated carbocycles. The summed E-state index contributed by atoms with van der Waals surface area (Å²) in [6.07, 6.45) is 1.26. The molecule has 1 saturated heterocycles. The molecule has 2 N–H and O–H groups in total. The van der Waals surface area contributed by atoms with E-state index in [1.807, 2.05) is 31.2 Å². The zero-order valence-electron chi connectivity index (χ0n) is 13.6. The molecule has 3 rings (SSSR count). The van der Waals surface area contributed by atoms with Crippen LogP contribution in [-0.2, 0) is 11.2 Å². The van der Waals surface area contributed by atoms with E-state index in [0.29, 0.717) is 29.5 Å². The van der Waals surface area contributed by atoms with Gasteiger partial charge in [-0.2, -0.15) is 0 Å². The van der Waals surface area contributed by atoms with Gasteiger partial charge in [0.25, 0.3) is 0 Å². The van der Waals surface area contributed by atoms with Crippen LogP contribution < -0.4 is 10.6 Å². The van der Waals surface area contributed by atoms with E-state index in [0.717, 1.165) is 17.7 Å². The number of aryl methyl sites for hydroxylation is 2. The number of ether oxygens (including phenoxy) is 1. The van der Waals surface area contributed by atoms with Crippen LogP contribution in [0.1, 0.15) is 36.5 Å². The van der Waals surface area contributed by atoms with Crippen molar-refractivity contribution in [2.24, 2.45) is 0 Å². The van der Waals surface area contributed by atoms with E-state index >= 15 is 0 Å². The minimum atomic E-state index is -0.287. The summed E-state index contributed by atoms with van der Waals surface area (Å²) in [5.41, 5.74) is 2.37. The molecule has 2 unspecified atom stereocenters. The van der Waals surface area contributed by atoms with Crippen LogP contribution in [0.25, 0.3) is 0 Å². The second-order valence-corrected chi connectivity index (χ2v) is 6.19. The maximum atomic E-state index is 12.3. The predicted octanol–water partition coefficient (Wildman–Crippen LogP) is 3.85. The minimum absolute atomic E-state index is 0.101. The highest BCUT2D eigenvalue weighted by Crippen LogP contribution is 2.30. The lowest BCUT2D eigenvalue weighted by Crippen LogP contribution is -2.39. The summed E-state index contributed by atoms with van der Waals surface area (Å²) < 4.78 is 10.9. The number of hydrogen-bond donors (Lipinski definition) is 2. The van der Waals surface area contributed by atoms with Gasteiger partial charge in [0.15, 0.2) is 5.76 Å². The molecule has 0 bridgehead atoms. The molecule has 128 valence electrons. The number of anilines is 1. The molecule has 2 amide bonds. The molecular weight excluding hydrogens is 330 g/mol. The second kappa shape index (κ2) is 7.23. The van der Waals surface area contributed by atoms with Gasteiger partial charge in [-0.3, -0.25) is 0 Å². The van der Waals surface area contributed by atoms with Gasteiger partial charge < -0.3 is 19.9 Å². The third-order valence-corrected chi connectivity index (χ3v) is 4.37. The Morgan fingerprint density at radius 1 is 1.38 bits per heavy atom. The fourth-order valence-corrected chi connectivity index (χ4v) is 2.98. The van der Waals surface area contributed by atoms with Gasteiger partial charge in [0, 0.05) is 11.6 Å². The van der Waals surface area contributed by atoms with Crippen molar-refractivity contribution < 1.29 is 14.1 Å². The number of carbonyl (C=O) groups excluding carboxylic acids is 1. The van der Waals surface area contributed by atoms with Crippen LogP contribution >= 0.6 is 11.6 Å². The molecule has 0 radical (unpaired) electrons. The van der Waals surface area contributed by atoms with Gasteiger partial charge >= 0.3 is 6.03 Å². The number of halogens is 1. The highest BCUT2D eigenvalue weighted by molar-refractivity contribution is 6.30. The molecule has 2 aromatic rings. The summed E-state index contributed by atoms with van der Waals surface area (Å²) in [4.78, 5) is 12.3. The summed E-state index contributed by atoms with van der Waals surface area (Å²) in [5, 5.41) is 10.4.